The fourth-order valence-electron chi connectivity index (χ4n) is 3.13. The molecule has 0 aromatic carbocycles. The van der Waals surface area contributed by atoms with Gasteiger partial charge in [0.05, 0.1) is 12.7 Å². The highest BCUT2D eigenvalue weighted by molar-refractivity contribution is 6.77. The van der Waals surface area contributed by atoms with E-state index in [1.807, 2.05) is 0 Å². The van der Waals surface area contributed by atoms with Gasteiger partial charge in [0.1, 0.15) is 6.10 Å². The molecule has 16 heavy (non-hydrogen) atoms. The second kappa shape index (κ2) is 5.19. The van der Waals surface area contributed by atoms with Gasteiger partial charge in [-0.1, -0.05) is 41.5 Å². The molecule has 1 aliphatic heterocycles. The lowest BCUT2D eigenvalue weighted by Gasteiger charge is -2.42. The van der Waals surface area contributed by atoms with Gasteiger partial charge in [0.25, 0.3) is 0 Å². The minimum absolute atomic E-state index is 0.364. The van der Waals surface area contributed by atoms with Crippen LogP contribution in [0.4, 0.5) is 0 Å². The Morgan fingerprint density at radius 3 is 1.62 bits per heavy atom. The van der Waals surface area contributed by atoms with Crippen LogP contribution < -0.4 is 0 Å². The topological polar surface area (TPSA) is 21.8 Å². The first-order chi connectivity index (χ1) is 7.32. The van der Waals surface area contributed by atoms with Crippen LogP contribution >= 0.6 is 0 Å². The molecule has 1 rings (SSSR count). The van der Waals surface area contributed by atoms with E-state index in [1.165, 1.54) is 0 Å². The Bertz CT molecular complexity index is 204. The molecule has 96 valence electrons. The molecule has 1 aliphatic rings. The highest BCUT2D eigenvalue weighted by atomic mass is 28.4. The van der Waals surface area contributed by atoms with Crippen molar-refractivity contribution in [2.75, 3.05) is 6.61 Å². The summed E-state index contributed by atoms with van der Waals surface area (Å²) in [7, 11) is -1.66. The van der Waals surface area contributed by atoms with Gasteiger partial charge in [-0.05, 0) is 23.5 Å². The maximum absolute atomic E-state index is 6.42. The molecular weight excluding hydrogens is 216 g/mol. The fraction of sp³-hybridized carbons (Fsp3) is 1.00. The molecule has 0 unspecified atom stereocenters. The van der Waals surface area contributed by atoms with Crippen molar-refractivity contribution in [3.8, 4) is 0 Å². The van der Waals surface area contributed by atoms with Gasteiger partial charge in [0.2, 0.25) is 0 Å². The Labute approximate surface area is 102 Å². The Hall–Kier alpha value is 0.137. The monoisotopic (exact) mass is 244 g/mol. The van der Waals surface area contributed by atoms with Crippen LogP contribution in [-0.4, -0.2) is 27.1 Å². The van der Waals surface area contributed by atoms with Crippen LogP contribution in [0.5, 0.6) is 0 Å². The molecule has 0 bridgehead atoms. The Morgan fingerprint density at radius 1 is 1.00 bits per heavy atom. The van der Waals surface area contributed by atoms with Crippen molar-refractivity contribution in [3.63, 3.8) is 0 Å². The lowest BCUT2D eigenvalue weighted by Crippen LogP contribution is -2.48. The average Bonchev–Trinajstić information content (AvgIpc) is 2.81. The Balaban J connectivity index is 2.68. The molecule has 2 atom stereocenters. The van der Waals surface area contributed by atoms with Crippen molar-refractivity contribution in [1.29, 1.82) is 0 Å². The number of rotatable bonds is 6. The molecule has 0 spiro atoms. The van der Waals surface area contributed by atoms with Crippen LogP contribution in [0.15, 0.2) is 0 Å². The Kier molecular flexibility index (Phi) is 4.61. The quantitative estimate of drug-likeness (QED) is 0.521. The predicted molar refractivity (Wildman–Crippen MR) is 71.3 cm³/mol. The lowest BCUT2D eigenvalue weighted by molar-refractivity contribution is 0.235. The fourth-order valence-corrected chi connectivity index (χ4v) is 8.58. The minimum atomic E-state index is -1.66. The molecule has 0 radical (unpaired) electrons. The standard InChI is InChI=1S/C13H28O2Si/c1-9(2)16(10(3)4,11(5)6)14-8-13-12(7)15-13/h9-13H,8H2,1-7H3/t12-,13-/m0/s1. The van der Waals surface area contributed by atoms with Crippen LogP contribution in [0.2, 0.25) is 16.6 Å². The summed E-state index contributed by atoms with van der Waals surface area (Å²) in [5.74, 6) is 0. The van der Waals surface area contributed by atoms with Gasteiger partial charge in [-0.15, -0.1) is 0 Å². The van der Waals surface area contributed by atoms with Crippen LogP contribution in [0.25, 0.3) is 0 Å². The summed E-state index contributed by atoms with van der Waals surface area (Å²) in [4.78, 5) is 0. The van der Waals surface area contributed by atoms with E-state index < -0.39 is 8.32 Å². The van der Waals surface area contributed by atoms with Crippen molar-refractivity contribution in [3.05, 3.63) is 0 Å². The summed E-state index contributed by atoms with van der Waals surface area (Å²) in [5.41, 5.74) is 2.00. The van der Waals surface area contributed by atoms with Crippen LogP contribution in [0.1, 0.15) is 48.5 Å². The van der Waals surface area contributed by atoms with Gasteiger partial charge in [-0.3, -0.25) is 0 Å². The molecule has 1 saturated heterocycles. The molecule has 1 fully saturated rings. The summed E-state index contributed by atoms with van der Waals surface area (Å²) in [6.45, 7) is 16.9. The first-order valence-corrected chi connectivity index (χ1v) is 8.75. The van der Waals surface area contributed by atoms with E-state index in [9.17, 15) is 0 Å². The first kappa shape index (κ1) is 14.2. The third-order valence-corrected chi connectivity index (χ3v) is 10.1. The van der Waals surface area contributed by atoms with Crippen molar-refractivity contribution in [1.82, 2.24) is 0 Å². The van der Waals surface area contributed by atoms with E-state index in [0.29, 0.717) is 28.8 Å². The van der Waals surface area contributed by atoms with E-state index >= 15 is 0 Å². The highest BCUT2D eigenvalue weighted by Gasteiger charge is 2.47. The van der Waals surface area contributed by atoms with E-state index in [1.54, 1.807) is 0 Å². The molecule has 2 nitrogen and oxygen atoms in total. The van der Waals surface area contributed by atoms with Crippen molar-refractivity contribution < 1.29 is 9.16 Å². The summed E-state index contributed by atoms with van der Waals surface area (Å²) in [6, 6.07) is 0. The van der Waals surface area contributed by atoms with E-state index in [2.05, 4.69) is 48.5 Å². The van der Waals surface area contributed by atoms with E-state index in [0.717, 1.165) is 6.61 Å². The zero-order valence-corrected chi connectivity index (χ0v) is 12.9. The predicted octanol–water partition coefficient (Wildman–Crippen LogP) is 3.97. The Morgan fingerprint density at radius 2 is 1.38 bits per heavy atom. The summed E-state index contributed by atoms with van der Waals surface area (Å²) < 4.78 is 11.9. The molecule has 0 amide bonds. The number of ether oxygens (including phenoxy) is 1. The summed E-state index contributed by atoms with van der Waals surface area (Å²) in [5, 5.41) is 0. The third-order valence-electron chi connectivity index (χ3n) is 4.04. The second-order valence-corrected chi connectivity index (χ2v) is 11.5. The van der Waals surface area contributed by atoms with Crippen LogP contribution in [-0.2, 0) is 9.16 Å². The third kappa shape index (κ3) is 2.69. The van der Waals surface area contributed by atoms with E-state index in [-0.39, 0.29) is 0 Å². The molecule has 1 heterocycles. The summed E-state index contributed by atoms with van der Waals surface area (Å²) >= 11 is 0. The van der Waals surface area contributed by atoms with E-state index in [4.69, 9.17) is 9.16 Å². The summed E-state index contributed by atoms with van der Waals surface area (Å²) in [6.07, 6.45) is 0.779. The van der Waals surface area contributed by atoms with Crippen molar-refractivity contribution in [2.24, 2.45) is 0 Å². The molecule has 0 N–H and O–H groups in total. The maximum atomic E-state index is 6.42. The number of hydrogen-bond donors (Lipinski definition) is 0. The average molecular weight is 244 g/mol. The molecule has 3 heteroatoms. The second-order valence-electron chi connectivity index (χ2n) is 6.01. The van der Waals surface area contributed by atoms with Gasteiger partial charge < -0.3 is 9.16 Å². The van der Waals surface area contributed by atoms with Crippen molar-refractivity contribution in [2.45, 2.75) is 77.3 Å². The molecule has 0 aliphatic carbocycles. The molecule has 0 saturated carbocycles. The zero-order chi connectivity index (χ0) is 12.5. The molecule has 0 aromatic rings. The zero-order valence-electron chi connectivity index (χ0n) is 11.9. The molecule has 0 aromatic heterocycles. The normalized spacial score (nSPS) is 25.9. The van der Waals surface area contributed by atoms with Gasteiger partial charge >= 0.3 is 0 Å². The maximum Gasteiger partial charge on any atom is 0.200 e. The van der Waals surface area contributed by atoms with Gasteiger partial charge in [0.15, 0.2) is 8.32 Å². The minimum Gasteiger partial charge on any atom is -0.413 e. The largest absolute Gasteiger partial charge is 0.413 e. The SMILES string of the molecule is CC(C)[Si](OC[C@@H]1O[C@H]1C)(C(C)C)C(C)C. The van der Waals surface area contributed by atoms with Crippen LogP contribution in [0.3, 0.4) is 0 Å². The lowest BCUT2D eigenvalue weighted by atomic mass is 10.4. The first-order valence-electron chi connectivity index (χ1n) is 6.61. The van der Waals surface area contributed by atoms with Crippen LogP contribution in [0, 0.1) is 0 Å². The van der Waals surface area contributed by atoms with Gasteiger partial charge in [0, 0.05) is 0 Å². The van der Waals surface area contributed by atoms with Gasteiger partial charge in [-0.2, -0.15) is 0 Å². The number of hydrogen-bond acceptors (Lipinski definition) is 2. The molecular formula is C13H28O2Si. The highest BCUT2D eigenvalue weighted by Crippen LogP contribution is 2.42. The number of epoxide rings is 1. The van der Waals surface area contributed by atoms with Crippen molar-refractivity contribution >= 4 is 8.32 Å². The van der Waals surface area contributed by atoms with Gasteiger partial charge in [-0.25, -0.2) is 0 Å². The smallest absolute Gasteiger partial charge is 0.200 e.